The quantitative estimate of drug-likeness (QED) is 0.780. The number of aryl methyl sites for hydroxylation is 1. The van der Waals surface area contributed by atoms with Gasteiger partial charge in [-0.15, -0.1) is 0 Å². The number of fused-ring (bicyclic) bond motifs is 1. The van der Waals surface area contributed by atoms with Gasteiger partial charge in [0.05, 0.1) is 0 Å². The molecule has 0 aliphatic carbocycles. The number of anilines is 2. The van der Waals surface area contributed by atoms with Gasteiger partial charge in [-0.3, -0.25) is 5.32 Å². The van der Waals surface area contributed by atoms with Crippen LogP contribution in [0.1, 0.15) is 32.8 Å². The van der Waals surface area contributed by atoms with Crippen LogP contribution in [0.3, 0.4) is 0 Å². The van der Waals surface area contributed by atoms with Gasteiger partial charge in [-0.2, -0.15) is 0 Å². The molecule has 2 rings (SSSR count). The van der Waals surface area contributed by atoms with Gasteiger partial charge in [0, 0.05) is 11.4 Å². The maximum atomic E-state index is 11.7. The van der Waals surface area contributed by atoms with Crippen LogP contribution in [-0.4, -0.2) is 28.8 Å². The molecule has 0 saturated heterocycles. The number of hydrogen-bond acceptors (Lipinski definition) is 4. The second-order valence-electron chi connectivity index (χ2n) is 6.07. The first-order valence-corrected chi connectivity index (χ1v) is 6.87. The summed E-state index contributed by atoms with van der Waals surface area (Å²) in [6.07, 6.45) is 0.677. The molecule has 1 aromatic rings. The van der Waals surface area contributed by atoms with E-state index in [1.165, 1.54) is 0 Å². The lowest BCUT2D eigenvalue weighted by atomic mass is 9.97. The lowest BCUT2D eigenvalue weighted by molar-refractivity contribution is -0.138. The van der Waals surface area contributed by atoms with Crippen molar-refractivity contribution in [3.8, 4) is 0 Å². The van der Waals surface area contributed by atoms with E-state index in [0.29, 0.717) is 18.5 Å². The van der Waals surface area contributed by atoms with Crippen LogP contribution in [0.4, 0.5) is 16.2 Å². The van der Waals surface area contributed by atoms with E-state index in [1.807, 2.05) is 6.07 Å². The summed E-state index contributed by atoms with van der Waals surface area (Å²) in [5.74, 6) is -0.850. The van der Waals surface area contributed by atoms with Crippen molar-refractivity contribution in [3.05, 3.63) is 23.8 Å². The molecule has 0 aromatic heterocycles. The van der Waals surface area contributed by atoms with Crippen molar-refractivity contribution in [2.75, 3.05) is 10.6 Å². The Labute approximate surface area is 123 Å². The van der Waals surface area contributed by atoms with Gasteiger partial charge in [0.15, 0.2) is 0 Å². The summed E-state index contributed by atoms with van der Waals surface area (Å²) in [5, 5.41) is 14.7. The van der Waals surface area contributed by atoms with E-state index in [0.717, 1.165) is 11.3 Å². The van der Waals surface area contributed by atoms with Crippen molar-refractivity contribution in [3.63, 3.8) is 0 Å². The number of carbonyl (C=O) groups is 2. The number of amides is 1. The smallest absolute Gasteiger partial charge is 0.412 e. The molecule has 0 bridgehead atoms. The zero-order valence-electron chi connectivity index (χ0n) is 12.4. The van der Waals surface area contributed by atoms with Crippen LogP contribution in [-0.2, 0) is 16.0 Å². The fourth-order valence-corrected chi connectivity index (χ4v) is 2.19. The molecule has 1 aromatic carbocycles. The largest absolute Gasteiger partial charge is 0.480 e. The maximum absolute atomic E-state index is 11.7. The lowest BCUT2D eigenvalue weighted by Crippen LogP contribution is -2.33. The first-order chi connectivity index (χ1) is 9.74. The number of carboxylic acids is 1. The van der Waals surface area contributed by atoms with Crippen LogP contribution in [0.15, 0.2) is 18.2 Å². The van der Waals surface area contributed by atoms with E-state index in [9.17, 15) is 9.59 Å². The van der Waals surface area contributed by atoms with Crippen molar-refractivity contribution in [1.29, 1.82) is 0 Å². The third kappa shape index (κ3) is 4.11. The minimum Gasteiger partial charge on any atom is -0.480 e. The Bertz CT molecular complexity index is 563. The molecule has 0 radical (unpaired) electrons. The highest BCUT2D eigenvalue weighted by atomic mass is 16.6. The molecule has 1 atom stereocenters. The molecule has 1 unspecified atom stereocenters. The van der Waals surface area contributed by atoms with Crippen LogP contribution in [0, 0.1) is 0 Å². The number of ether oxygens (including phenoxy) is 1. The highest BCUT2D eigenvalue weighted by Gasteiger charge is 2.23. The molecule has 1 heterocycles. The number of nitrogens with one attached hydrogen (secondary N) is 2. The van der Waals surface area contributed by atoms with Gasteiger partial charge in [-0.05, 0) is 57.4 Å². The van der Waals surface area contributed by atoms with Crippen LogP contribution in [0.2, 0.25) is 0 Å². The number of rotatable bonds is 2. The number of carboxylic acid groups (broad SMARTS) is 1. The lowest BCUT2D eigenvalue weighted by Gasteiger charge is -2.25. The van der Waals surface area contributed by atoms with Gasteiger partial charge in [0.1, 0.15) is 11.6 Å². The standard InChI is InChI=1S/C15H20N2O4/c1-15(2,3)21-14(20)16-10-5-7-11-9(8-10)4-6-12(17-11)13(18)19/h5,7-8,12,17H,4,6H2,1-3H3,(H,16,20)(H,18,19). The molecule has 6 heteroatoms. The summed E-state index contributed by atoms with van der Waals surface area (Å²) >= 11 is 0. The molecule has 1 aliphatic rings. The SMILES string of the molecule is CC(C)(C)OC(=O)Nc1ccc2c(c1)CCC(C(=O)O)N2. The highest BCUT2D eigenvalue weighted by Crippen LogP contribution is 2.28. The summed E-state index contributed by atoms with van der Waals surface area (Å²) in [7, 11) is 0. The summed E-state index contributed by atoms with van der Waals surface area (Å²) < 4.78 is 5.19. The van der Waals surface area contributed by atoms with E-state index in [-0.39, 0.29) is 0 Å². The Hall–Kier alpha value is -2.24. The molecule has 1 aliphatic heterocycles. The highest BCUT2D eigenvalue weighted by molar-refractivity contribution is 5.86. The van der Waals surface area contributed by atoms with Gasteiger partial charge in [0.2, 0.25) is 0 Å². The fourth-order valence-electron chi connectivity index (χ4n) is 2.19. The average Bonchev–Trinajstić information content (AvgIpc) is 2.35. The van der Waals surface area contributed by atoms with E-state index >= 15 is 0 Å². The predicted octanol–water partition coefficient (Wildman–Crippen LogP) is 2.84. The van der Waals surface area contributed by atoms with Gasteiger partial charge >= 0.3 is 12.1 Å². The molecule has 0 saturated carbocycles. The molecule has 6 nitrogen and oxygen atoms in total. The van der Waals surface area contributed by atoms with Crippen molar-refractivity contribution in [2.45, 2.75) is 45.3 Å². The molecule has 0 spiro atoms. The summed E-state index contributed by atoms with van der Waals surface area (Å²) in [5.41, 5.74) is 1.87. The van der Waals surface area contributed by atoms with Crippen molar-refractivity contribution in [1.82, 2.24) is 0 Å². The van der Waals surface area contributed by atoms with Gasteiger partial charge in [-0.1, -0.05) is 0 Å². The second kappa shape index (κ2) is 5.63. The van der Waals surface area contributed by atoms with E-state index < -0.39 is 23.7 Å². The summed E-state index contributed by atoms with van der Waals surface area (Å²) in [4.78, 5) is 22.7. The van der Waals surface area contributed by atoms with Crippen molar-refractivity contribution >= 4 is 23.4 Å². The first-order valence-electron chi connectivity index (χ1n) is 6.87. The van der Waals surface area contributed by atoms with Crippen molar-refractivity contribution < 1.29 is 19.4 Å². The fraction of sp³-hybridized carbons (Fsp3) is 0.467. The average molecular weight is 292 g/mol. The minimum absolute atomic E-state index is 0.505. The normalized spacial score (nSPS) is 17.4. The Balaban J connectivity index is 2.05. The molecule has 1 amide bonds. The van der Waals surface area contributed by atoms with Crippen LogP contribution in [0.25, 0.3) is 0 Å². The predicted molar refractivity (Wildman–Crippen MR) is 79.7 cm³/mol. The van der Waals surface area contributed by atoms with Gasteiger partial charge in [-0.25, -0.2) is 9.59 Å². The summed E-state index contributed by atoms with van der Waals surface area (Å²) in [6.45, 7) is 5.40. The molecule has 21 heavy (non-hydrogen) atoms. The number of hydrogen-bond donors (Lipinski definition) is 3. The topological polar surface area (TPSA) is 87.7 Å². The Morgan fingerprint density at radius 1 is 1.38 bits per heavy atom. The molecule has 114 valence electrons. The van der Waals surface area contributed by atoms with Crippen LogP contribution < -0.4 is 10.6 Å². The molecule has 3 N–H and O–H groups in total. The van der Waals surface area contributed by atoms with E-state index in [1.54, 1.807) is 32.9 Å². The Morgan fingerprint density at radius 3 is 2.71 bits per heavy atom. The Kier molecular flexibility index (Phi) is 4.06. The second-order valence-corrected chi connectivity index (χ2v) is 6.07. The van der Waals surface area contributed by atoms with Gasteiger partial charge in [0.25, 0.3) is 0 Å². The third-order valence-electron chi connectivity index (χ3n) is 3.08. The first kappa shape index (κ1) is 15.2. The third-order valence-corrected chi connectivity index (χ3v) is 3.08. The number of benzene rings is 1. The zero-order chi connectivity index (χ0) is 15.6. The van der Waals surface area contributed by atoms with Crippen LogP contribution >= 0.6 is 0 Å². The molecule has 0 fully saturated rings. The van der Waals surface area contributed by atoms with E-state index in [4.69, 9.17) is 9.84 Å². The zero-order valence-corrected chi connectivity index (χ0v) is 12.4. The maximum Gasteiger partial charge on any atom is 0.412 e. The minimum atomic E-state index is -0.850. The summed E-state index contributed by atoms with van der Waals surface area (Å²) in [6, 6.07) is 4.78. The monoisotopic (exact) mass is 292 g/mol. The van der Waals surface area contributed by atoms with Crippen LogP contribution in [0.5, 0.6) is 0 Å². The number of carbonyl (C=O) groups excluding carboxylic acids is 1. The molecular formula is C15H20N2O4. The number of aliphatic carboxylic acids is 1. The Morgan fingerprint density at radius 2 is 2.10 bits per heavy atom. The van der Waals surface area contributed by atoms with E-state index in [2.05, 4.69) is 10.6 Å². The van der Waals surface area contributed by atoms with Gasteiger partial charge < -0.3 is 15.2 Å². The van der Waals surface area contributed by atoms with Crippen molar-refractivity contribution in [2.24, 2.45) is 0 Å². The molecular weight excluding hydrogens is 272 g/mol.